The molecule has 1 heterocycles. The first-order valence-electron chi connectivity index (χ1n) is 5.66. The lowest BCUT2D eigenvalue weighted by Gasteiger charge is -2.21. The van der Waals surface area contributed by atoms with Crippen LogP contribution in [0.3, 0.4) is 0 Å². The minimum atomic E-state index is -4.54. The molecular weight excluding hydrogens is 243 g/mol. The highest BCUT2D eigenvalue weighted by molar-refractivity contribution is 5.27. The van der Waals surface area contributed by atoms with Crippen LogP contribution >= 0.6 is 0 Å². The van der Waals surface area contributed by atoms with E-state index in [0.717, 1.165) is 25.2 Å². The Labute approximate surface area is 103 Å². The van der Waals surface area contributed by atoms with Gasteiger partial charge in [0.2, 0.25) is 5.82 Å². The molecule has 1 aromatic rings. The molecule has 3 nitrogen and oxygen atoms in total. The van der Waals surface area contributed by atoms with Gasteiger partial charge >= 0.3 is 6.18 Å². The molecule has 18 heavy (non-hydrogen) atoms. The monoisotopic (exact) mass is 255 g/mol. The molecule has 1 atom stereocenters. The summed E-state index contributed by atoms with van der Waals surface area (Å²) in [5.41, 5.74) is -0.351. The van der Waals surface area contributed by atoms with E-state index in [-0.39, 0.29) is 0 Å². The Kier molecular flexibility index (Phi) is 3.01. The molecule has 1 aromatic heterocycles. The third-order valence-electron chi connectivity index (χ3n) is 3.18. The van der Waals surface area contributed by atoms with Crippen LogP contribution in [0.15, 0.2) is 12.4 Å². The second-order valence-electron chi connectivity index (χ2n) is 4.88. The smallest absolute Gasteiger partial charge is 0.233 e. The van der Waals surface area contributed by atoms with E-state index in [1.165, 1.54) is 0 Å². The summed E-state index contributed by atoms with van der Waals surface area (Å²) in [6.07, 6.45) is 0.497. The summed E-state index contributed by atoms with van der Waals surface area (Å²) < 4.78 is 37.0. The quantitative estimate of drug-likeness (QED) is 0.833. The van der Waals surface area contributed by atoms with Gasteiger partial charge in [0.15, 0.2) is 0 Å². The van der Waals surface area contributed by atoms with Gasteiger partial charge in [-0.25, -0.2) is 9.97 Å². The van der Waals surface area contributed by atoms with E-state index in [0.29, 0.717) is 17.9 Å². The van der Waals surface area contributed by atoms with E-state index < -0.39 is 17.4 Å². The number of hydrogen-bond donors (Lipinski definition) is 0. The maximum atomic E-state index is 12.3. The minimum absolute atomic E-state index is 0.449. The molecule has 1 saturated carbocycles. The number of alkyl halides is 3. The summed E-state index contributed by atoms with van der Waals surface area (Å²) in [4.78, 5) is 6.61. The fraction of sp³-hybridized carbons (Fsp3) is 0.583. The van der Waals surface area contributed by atoms with Gasteiger partial charge < -0.3 is 0 Å². The average Bonchev–Trinajstić information content (AvgIpc) is 3.12. The highest BCUT2D eigenvalue weighted by atomic mass is 19.4. The molecule has 2 rings (SSSR count). The van der Waals surface area contributed by atoms with Crippen LogP contribution < -0.4 is 0 Å². The van der Waals surface area contributed by atoms with Crippen LogP contribution in [-0.4, -0.2) is 9.97 Å². The molecule has 0 spiro atoms. The van der Waals surface area contributed by atoms with Crippen molar-refractivity contribution >= 4 is 0 Å². The number of aromatic nitrogens is 2. The van der Waals surface area contributed by atoms with Crippen LogP contribution in [0, 0.1) is 17.2 Å². The first kappa shape index (κ1) is 12.8. The van der Waals surface area contributed by atoms with E-state index in [1.54, 1.807) is 6.92 Å². The molecule has 96 valence electrons. The molecule has 0 radical (unpaired) electrons. The zero-order chi connectivity index (χ0) is 13.4. The molecule has 0 amide bonds. The zero-order valence-electron chi connectivity index (χ0n) is 9.83. The van der Waals surface area contributed by atoms with Crippen LogP contribution in [0.2, 0.25) is 0 Å². The number of nitriles is 1. The van der Waals surface area contributed by atoms with Crippen molar-refractivity contribution in [2.24, 2.45) is 5.92 Å². The number of hydrogen-bond acceptors (Lipinski definition) is 3. The second-order valence-corrected chi connectivity index (χ2v) is 4.88. The molecule has 6 heteroatoms. The Balaban J connectivity index is 2.24. The van der Waals surface area contributed by atoms with Gasteiger partial charge in [-0.05, 0) is 19.3 Å². The first-order chi connectivity index (χ1) is 8.35. The van der Waals surface area contributed by atoms with Gasteiger partial charge in [-0.2, -0.15) is 18.4 Å². The predicted molar refractivity (Wildman–Crippen MR) is 57.3 cm³/mol. The summed E-state index contributed by atoms with van der Waals surface area (Å²) in [6, 6.07) is 2.16. The summed E-state index contributed by atoms with van der Waals surface area (Å²) >= 11 is 0. The molecule has 1 aliphatic rings. The molecule has 0 aromatic carbocycles. The van der Waals surface area contributed by atoms with Gasteiger partial charge in [-0.15, -0.1) is 0 Å². The maximum absolute atomic E-state index is 12.3. The van der Waals surface area contributed by atoms with E-state index in [9.17, 15) is 18.4 Å². The third-order valence-corrected chi connectivity index (χ3v) is 3.18. The number of halogens is 3. The highest BCUT2D eigenvalue weighted by Crippen LogP contribution is 2.41. The van der Waals surface area contributed by atoms with E-state index >= 15 is 0 Å². The fourth-order valence-electron chi connectivity index (χ4n) is 1.89. The van der Waals surface area contributed by atoms with E-state index in [1.807, 2.05) is 0 Å². The summed E-state index contributed by atoms with van der Waals surface area (Å²) in [6.45, 7) is 1.72. The maximum Gasteiger partial charge on any atom is 0.451 e. The lowest BCUT2D eigenvalue weighted by molar-refractivity contribution is -0.145. The van der Waals surface area contributed by atoms with Crippen LogP contribution in [0.5, 0.6) is 0 Å². The predicted octanol–water partition coefficient (Wildman–Crippen LogP) is 3.08. The molecule has 0 aliphatic heterocycles. The topological polar surface area (TPSA) is 49.6 Å². The van der Waals surface area contributed by atoms with Crippen molar-refractivity contribution < 1.29 is 13.2 Å². The Morgan fingerprint density at radius 3 is 2.28 bits per heavy atom. The van der Waals surface area contributed by atoms with Gasteiger partial charge in [0.05, 0.1) is 11.5 Å². The number of nitrogens with zero attached hydrogens (tertiary/aromatic N) is 3. The summed E-state index contributed by atoms with van der Waals surface area (Å²) in [5, 5.41) is 9.22. The Bertz CT molecular complexity index is 471. The van der Waals surface area contributed by atoms with Crippen molar-refractivity contribution in [3.8, 4) is 6.07 Å². The lowest BCUT2D eigenvalue weighted by atomic mass is 9.81. The van der Waals surface area contributed by atoms with Gasteiger partial charge in [-0.3, -0.25) is 0 Å². The van der Waals surface area contributed by atoms with Crippen LogP contribution in [0.1, 0.15) is 37.6 Å². The Morgan fingerprint density at radius 2 is 1.89 bits per heavy atom. The second kappa shape index (κ2) is 4.23. The van der Waals surface area contributed by atoms with Crippen molar-refractivity contribution in [1.29, 1.82) is 5.26 Å². The molecule has 0 bridgehead atoms. The molecule has 0 saturated heterocycles. The summed E-state index contributed by atoms with van der Waals surface area (Å²) in [5.74, 6) is -0.671. The standard InChI is InChI=1S/C12H12F3N3/c1-11(7-16,4-8-2-3-8)9-5-17-10(18-6-9)12(13,14)15/h5-6,8H,2-4H2,1H3/t11-/m0/s1. The number of rotatable bonds is 3. The Morgan fingerprint density at radius 1 is 1.33 bits per heavy atom. The van der Waals surface area contributed by atoms with Crippen molar-refractivity contribution in [2.45, 2.75) is 37.8 Å². The zero-order valence-corrected chi connectivity index (χ0v) is 9.83. The molecule has 1 fully saturated rings. The molecule has 0 unspecified atom stereocenters. The highest BCUT2D eigenvalue weighted by Gasteiger charge is 2.38. The van der Waals surface area contributed by atoms with Crippen molar-refractivity contribution in [2.75, 3.05) is 0 Å². The van der Waals surface area contributed by atoms with Gasteiger partial charge in [0, 0.05) is 18.0 Å². The Hall–Kier alpha value is -1.64. The first-order valence-corrected chi connectivity index (χ1v) is 5.66. The van der Waals surface area contributed by atoms with Crippen LogP contribution in [0.25, 0.3) is 0 Å². The van der Waals surface area contributed by atoms with Crippen molar-refractivity contribution in [3.05, 3.63) is 23.8 Å². The van der Waals surface area contributed by atoms with Gasteiger partial charge in [0.1, 0.15) is 0 Å². The molecular formula is C12H12F3N3. The summed E-state index contributed by atoms with van der Waals surface area (Å²) in [7, 11) is 0. The third kappa shape index (κ3) is 2.61. The molecule has 1 aliphatic carbocycles. The van der Waals surface area contributed by atoms with Gasteiger partial charge in [-0.1, -0.05) is 12.8 Å². The lowest BCUT2D eigenvalue weighted by Crippen LogP contribution is -2.22. The van der Waals surface area contributed by atoms with Crippen molar-refractivity contribution in [1.82, 2.24) is 9.97 Å². The van der Waals surface area contributed by atoms with Crippen molar-refractivity contribution in [3.63, 3.8) is 0 Å². The van der Waals surface area contributed by atoms with Crippen LogP contribution in [0.4, 0.5) is 13.2 Å². The normalized spacial score (nSPS) is 19.1. The average molecular weight is 255 g/mol. The van der Waals surface area contributed by atoms with E-state index in [2.05, 4.69) is 16.0 Å². The van der Waals surface area contributed by atoms with Crippen LogP contribution in [-0.2, 0) is 11.6 Å². The largest absolute Gasteiger partial charge is 0.451 e. The molecule has 0 N–H and O–H groups in total. The van der Waals surface area contributed by atoms with E-state index in [4.69, 9.17) is 0 Å². The fourth-order valence-corrected chi connectivity index (χ4v) is 1.89. The van der Waals surface area contributed by atoms with Gasteiger partial charge in [0.25, 0.3) is 0 Å². The SMILES string of the molecule is C[C@@](C#N)(CC1CC1)c1cnc(C(F)(F)F)nc1. The minimum Gasteiger partial charge on any atom is -0.233 e.